The van der Waals surface area contributed by atoms with Crippen molar-refractivity contribution in [1.82, 2.24) is 0 Å². The van der Waals surface area contributed by atoms with Crippen molar-refractivity contribution < 1.29 is 31.4 Å². The van der Waals surface area contributed by atoms with E-state index in [4.69, 9.17) is 0 Å². The molecule has 0 spiro atoms. The second-order valence-corrected chi connectivity index (χ2v) is 1.46. The zero-order chi connectivity index (χ0) is 8.58. The van der Waals surface area contributed by atoms with Gasteiger partial charge in [-0.1, -0.05) is 0 Å². The molecule has 1 nitrogen and oxygen atoms in total. The Bertz CT molecular complexity index is 97.1. The van der Waals surface area contributed by atoms with Crippen molar-refractivity contribution >= 4 is 0 Å². The highest BCUT2D eigenvalue weighted by Gasteiger charge is 2.57. The summed E-state index contributed by atoms with van der Waals surface area (Å²) in [4.78, 5) is 0. The fraction of sp³-hybridized carbons (Fsp3) is 1.00. The molecule has 0 rings (SSSR count). The van der Waals surface area contributed by atoms with Gasteiger partial charge in [-0.05, 0) is 0 Å². The Balaban J connectivity index is 4.23. The highest BCUT2D eigenvalue weighted by Crippen LogP contribution is 2.33. The van der Waals surface area contributed by atoms with Crippen molar-refractivity contribution in [1.29, 1.82) is 0 Å². The predicted molar refractivity (Wildman–Crippen MR) is 16.6 cm³/mol. The number of halogens is 6. The molecule has 0 atom stereocenters. The van der Waals surface area contributed by atoms with Gasteiger partial charge < -0.3 is 0 Å². The molecule has 0 aliphatic carbocycles. The fourth-order valence-corrected chi connectivity index (χ4v) is 0.186. The molecule has 0 aromatic heterocycles. The second-order valence-electron chi connectivity index (χ2n) is 1.46. The normalized spacial score (nSPS) is 14.4. The van der Waals surface area contributed by atoms with Gasteiger partial charge in [-0.2, -0.15) is 26.3 Å². The molecule has 7 heteroatoms. The molecule has 0 saturated heterocycles. The van der Waals surface area contributed by atoms with Crippen LogP contribution in [0, 0.1) is 0 Å². The first-order valence-electron chi connectivity index (χ1n) is 1.95. The van der Waals surface area contributed by atoms with E-state index >= 15 is 0 Å². The molecule has 0 N–H and O–H groups in total. The molecule has 1 radical (unpaired) electrons. The van der Waals surface area contributed by atoms with Crippen LogP contribution >= 0.6 is 0 Å². The van der Waals surface area contributed by atoms with Crippen LogP contribution in [0.4, 0.5) is 26.3 Å². The van der Waals surface area contributed by atoms with Crippen LogP contribution in [0.15, 0.2) is 0 Å². The minimum atomic E-state index is -5.74. The van der Waals surface area contributed by atoms with Crippen LogP contribution in [0.5, 0.6) is 0 Å². The van der Waals surface area contributed by atoms with E-state index in [1.165, 1.54) is 0 Å². The summed E-state index contributed by atoms with van der Waals surface area (Å²) in [6.45, 7) is 0. The first-order valence-corrected chi connectivity index (χ1v) is 1.95. The summed E-state index contributed by atoms with van der Waals surface area (Å²) in [5.41, 5.74) is 0. The molecular formula is C3HF6O. The van der Waals surface area contributed by atoms with Crippen LogP contribution in [0.1, 0.15) is 0 Å². The van der Waals surface area contributed by atoms with Crippen LogP contribution in [0.2, 0.25) is 0 Å². The van der Waals surface area contributed by atoms with Gasteiger partial charge in [-0.15, -0.1) is 0 Å². The highest BCUT2D eigenvalue weighted by atomic mass is 19.4. The van der Waals surface area contributed by atoms with E-state index in [-0.39, 0.29) is 0 Å². The third-order valence-electron chi connectivity index (χ3n) is 0.595. The maximum absolute atomic E-state index is 10.9. The molecule has 0 heterocycles. The van der Waals surface area contributed by atoms with Gasteiger partial charge in [0.05, 0.1) is 0 Å². The Morgan fingerprint density at radius 1 is 0.800 bits per heavy atom. The third-order valence-corrected chi connectivity index (χ3v) is 0.595. The van der Waals surface area contributed by atoms with Crippen LogP contribution < -0.4 is 0 Å². The smallest absolute Gasteiger partial charge is 0.213 e. The lowest BCUT2D eigenvalue weighted by molar-refractivity contribution is -0.325. The van der Waals surface area contributed by atoms with Crippen LogP contribution in [-0.2, 0) is 5.11 Å². The van der Waals surface area contributed by atoms with E-state index in [1.807, 2.05) is 0 Å². The van der Waals surface area contributed by atoms with Gasteiger partial charge in [0, 0.05) is 0 Å². The molecule has 0 fully saturated rings. The van der Waals surface area contributed by atoms with Crippen molar-refractivity contribution in [2.24, 2.45) is 0 Å². The molecule has 0 aliphatic heterocycles. The molecule has 0 aliphatic rings. The van der Waals surface area contributed by atoms with E-state index in [1.54, 1.807) is 0 Å². The van der Waals surface area contributed by atoms with Gasteiger partial charge in [0.15, 0.2) is 0 Å². The van der Waals surface area contributed by atoms with E-state index in [0.29, 0.717) is 0 Å². The molecule has 0 bridgehead atoms. The van der Waals surface area contributed by atoms with Gasteiger partial charge in [0.25, 0.3) is 6.10 Å². The maximum Gasteiger partial charge on any atom is 0.426 e. The Morgan fingerprint density at radius 3 is 1.00 bits per heavy atom. The molecule has 0 aromatic rings. The van der Waals surface area contributed by atoms with Crippen LogP contribution in [0.25, 0.3) is 0 Å². The van der Waals surface area contributed by atoms with E-state index in [0.717, 1.165) is 0 Å². The van der Waals surface area contributed by atoms with Crippen molar-refractivity contribution in [3.63, 3.8) is 0 Å². The average Bonchev–Trinajstić information content (AvgIpc) is 1.59. The largest absolute Gasteiger partial charge is 0.426 e. The summed E-state index contributed by atoms with van der Waals surface area (Å²) >= 11 is 0. The van der Waals surface area contributed by atoms with Crippen LogP contribution in [0.3, 0.4) is 0 Å². The Morgan fingerprint density at radius 2 is 1.00 bits per heavy atom. The topological polar surface area (TPSA) is 19.9 Å². The van der Waals surface area contributed by atoms with Crippen molar-refractivity contribution in [2.75, 3.05) is 0 Å². The quantitative estimate of drug-likeness (QED) is 0.491. The van der Waals surface area contributed by atoms with E-state index in [2.05, 4.69) is 0 Å². The standard InChI is InChI=1S/C3HF6O/c4-2(5,6)1(10)3(7,8)9/h1H. The molecule has 0 saturated carbocycles. The van der Waals surface area contributed by atoms with Gasteiger partial charge in [0.1, 0.15) is 0 Å². The molecule has 0 amide bonds. The van der Waals surface area contributed by atoms with E-state index in [9.17, 15) is 31.4 Å². The fourth-order valence-electron chi connectivity index (χ4n) is 0.186. The summed E-state index contributed by atoms with van der Waals surface area (Å²) in [7, 11) is 0. The second kappa shape index (κ2) is 2.30. The van der Waals surface area contributed by atoms with E-state index < -0.39 is 18.5 Å². The summed E-state index contributed by atoms with van der Waals surface area (Å²) in [5, 5.41) is 9.32. The van der Waals surface area contributed by atoms with Crippen molar-refractivity contribution in [3.8, 4) is 0 Å². The highest BCUT2D eigenvalue weighted by molar-refractivity contribution is 4.72. The number of rotatable bonds is 0. The molecular weight excluding hydrogens is 166 g/mol. The van der Waals surface area contributed by atoms with Crippen molar-refractivity contribution in [3.05, 3.63) is 0 Å². The SMILES string of the molecule is [O]C(C(F)(F)F)C(F)(F)F. The zero-order valence-corrected chi connectivity index (χ0v) is 4.25. The number of alkyl halides is 6. The molecule has 10 heavy (non-hydrogen) atoms. The van der Waals surface area contributed by atoms with Gasteiger partial charge in [0.2, 0.25) is 0 Å². The third kappa shape index (κ3) is 2.42. The summed E-state index contributed by atoms with van der Waals surface area (Å²) < 4.78 is 65.5. The van der Waals surface area contributed by atoms with Gasteiger partial charge in [-0.25, -0.2) is 5.11 Å². The first kappa shape index (κ1) is 9.54. The minimum absolute atomic E-state index is 4.49. The average molecular weight is 167 g/mol. The summed E-state index contributed by atoms with van der Waals surface area (Å²) in [6.07, 6.45) is -16.0. The lowest BCUT2D eigenvalue weighted by Gasteiger charge is -2.14. The summed E-state index contributed by atoms with van der Waals surface area (Å²) in [6, 6.07) is 0. The molecule has 61 valence electrons. The summed E-state index contributed by atoms with van der Waals surface area (Å²) in [5.74, 6) is 0. The van der Waals surface area contributed by atoms with Gasteiger partial charge in [-0.3, -0.25) is 0 Å². The minimum Gasteiger partial charge on any atom is -0.213 e. The maximum atomic E-state index is 10.9. The monoisotopic (exact) mass is 167 g/mol. The Kier molecular flexibility index (Phi) is 2.19. The predicted octanol–water partition coefficient (Wildman–Crippen LogP) is 1.91. The molecule has 0 unspecified atom stereocenters. The first-order chi connectivity index (χ1) is 4.15. The van der Waals surface area contributed by atoms with Gasteiger partial charge >= 0.3 is 12.4 Å². The lowest BCUT2D eigenvalue weighted by atomic mass is 10.3. The molecule has 0 aromatic carbocycles. The Labute approximate surface area is 51.3 Å². The number of hydrogen-bond donors (Lipinski definition) is 0. The zero-order valence-electron chi connectivity index (χ0n) is 4.25. The Hall–Kier alpha value is -0.460. The van der Waals surface area contributed by atoms with Crippen molar-refractivity contribution in [2.45, 2.75) is 18.5 Å². The number of hydrogen-bond acceptors (Lipinski definition) is 0. The van der Waals surface area contributed by atoms with Crippen LogP contribution in [-0.4, -0.2) is 18.5 Å². The lowest BCUT2D eigenvalue weighted by Crippen LogP contribution is -2.40.